The molecule has 0 aliphatic heterocycles. The Balaban J connectivity index is 2.22. The smallest absolute Gasteiger partial charge is 0.138 e. The number of nitrogens with zero attached hydrogens (tertiary/aromatic N) is 2. The summed E-state index contributed by atoms with van der Waals surface area (Å²) in [6, 6.07) is 2.34. The zero-order valence-electron chi connectivity index (χ0n) is 9.31. The highest BCUT2D eigenvalue weighted by molar-refractivity contribution is 7.16. The highest BCUT2D eigenvalue weighted by atomic mass is 32.1. The van der Waals surface area contributed by atoms with Crippen LogP contribution in [0.3, 0.4) is 0 Å². The van der Waals surface area contributed by atoms with Gasteiger partial charge in [0.2, 0.25) is 0 Å². The Labute approximate surface area is 98.9 Å². The largest absolute Gasteiger partial charge is 0.365 e. The van der Waals surface area contributed by atoms with Gasteiger partial charge in [-0.05, 0) is 17.9 Å². The number of nitrogens with one attached hydrogen (secondary N) is 1. The molecule has 1 unspecified atom stereocenters. The Bertz CT molecular complexity index is 454. The molecule has 0 fully saturated rings. The monoisotopic (exact) mass is 236 g/mol. The van der Waals surface area contributed by atoms with Crippen molar-refractivity contribution in [2.75, 3.05) is 11.9 Å². The Hall–Kier alpha value is -1.20. The second-order valence-corrected chi connectivity index (χ2v) is 4.62. The first kappa shape index (κ1) is 11.3. The molecular formula is C11H16N4S. The van der Waals surface area contributed by atoms with Crippen LogP contribution in [-0.2, 0) is 0 Å². The van der Waals surface area contributed by atoms with Crippen LogP contribution in [0, 0.1) is 0 Å². The van der Waals surface area contributed by atoms with Crippen molar-refractivity contribution in [2.24, 2.45) is 5.73 Å². The molecule has 2 aromatic heterocycles. The van der Waals surface area contributed by atoms with Gasteiger partial charge in [-0.3, -0.25) is 0 Å². The van der Waals surface area contributed by atoms with Crippen LogP contribution in [0.4, 0.5) is 5.82 Å². The summed E-state index contributed by atoms with van der Waals surface area (Å²) < 4.78 is 0. The molecule has 0 aromatic carbocycles. The molecule has 1 atom stereocenters. The van der Waals surface area contributed by atoms with E-state index in [0.29, 0.717) is 12.6 Å². The number of nitrogens with two attached hydrogens (primary N) is 1. The molecule has 5 heteroatoms. The van der Waals surface area contributed by atoms with E-state index >= 15 is 0 Å². The zero-order chi connectivity index (χ0) is 11.4. The summed E-state index contributed by atoms with van der Waals surface area (Å²) in [5.74, 6) is 0.898. The lowest BCUT2D eigenvalue weighted by atomic mass is 10.1. The van der Waals surface area contributed by atoms with Crippen LogP contribution < -0.4 is 11.1 Å². The Morgan fingerprint density at radius 3 is 3.12 bits per heavy atom. The minimum absolute atomic E-state index is 0.294. The van der Waals surface area contributed by atoms with Gasteiger partial charge in [0.05, 0.1) is 5.39 Å². The lowest BCUT2D eigenvalue weighted by Gasteiger charge is -2.16. The van der Waals surface area contributed by atoms with Crippen LogP contribution >= 0.6 is 11.3 Å². The minimum atomic E-state index is 0.294. The molecule has 0 saturated carbocycles. The third kappa shape index (κ3) is 2.31. The fourth-order valence-electron chi connectivity index (χ4n) is 1.70. The van der Waals surface area contributed by atoms with Gasteiger partial charge in [0.15, 0.2) is 0 Å². The van der Waals surface area contributed by atoms with E-state index in [4.69, 9.17) is 5.73 Å². The molecule has 0 aliphatic rings. The molecule has 4 nitrogen and oxygen atoms in total. The summed E-state index contributed by atoms with van der Waals surface area (Å²) in [6.45, 7) is 2.79. The van der Waals surface area contributed by atoms with Crippen LogP contribution in [0.5, 0.6) is 0 Å². The van der Waals surface area contributed by atoms with Gasteiger partial charge < -0.3 is 11.1 Å². The Kier molecular flexibility index (Phi) is 3.69. The van der Waals surface area contributed by atoms with E-state index in [-0.39, 0.29) is 0 Å². The van der Waals surface area contributed by atoms with Crippen LogP contribution in [0.25, 0.3) is 10.2 Å². The van der Waals surface area contributed by atoms with Crippen molar-refractivity contribution in [1.82, 2.24) is 9.97 Å². The van der Waals surface area contributed by atoms with Gasteiger partial charge in [-0.15, -0.1) is 11.3 Å². The summed E-state index contributed by atoms with van der Waals surface area (Å²) >= 11 is 1.63. The third-order valence-corrected chi connectivity index (χ3v) is 3.34. The lowest BCUT2D eigenvalue weighted by molar-refractivity contribution is 0.646. The fourth-order valence-corrected chi connectivity index (χ4v) is 2.43. The van der Waals surface area contributed by atoms with Gasteiger partial charge >= 0.3 is 0 Å². The fraction of sp³-hybridized carbons (Fsp3) is 0.455. The first-order valence-electron chi connectivity index (χ1n) is 5.50. The van der Waals surface area contributed by atoms with Crippen molar-refractivity contribution >= 4 is 27.4 Å². The highest BCUT2D eigenvalue weighted by Crippen LogP contribution is 2.24. The Morgan fingerprint density at radius 2 is 2.38 bits per heavy atom. The van der Waals surface area contributed by atoms with Crippen molar-refractivity contribution in [3.05, 3.63) is 17.8 Å². The zero-order valence-corrected chi connectivity index (χ0v) is 10.1. The number of fused-ring (bicyclic) bond motifs is 1. The van der Waals surface area contributed by atoms with Crippen molar-refractivity contribution < 1.29 is 0 Å². The average molecular weight is 236 g/mol. The van der Waals surface area contributed by atoms with Crippen LogP contribution in [0.2, 0.25) is 0 Å². The molecule has 86 valence electrons. The van der Waals surface area contributed by atoms with Crippen LogP contribution in [0.1, 0.15) is 19.8 Å². The highest BCUT2D eigenvalue weighted by Gasteiger charge is 2.09. The normalized spacial score (nSPS) is 12.9. The summed E-state index contributed by atoms with van der Waals surface area (Å²) in [7, 11) is 0. The maximum Gasteiger partial charge on any atom is 0.138 e. The van der Waals surface area contributed by atoms with E-state index < -0.39 is 0 Å². The lowest BCUT2D eigenvalue weighted by Crippen LogP contribution is -2.29. The van der Waals surface area contributed by atoms with Crippen molar-refractivity contribution in [3.63, 3.8) is 0 Å². The van der Waals surface area contributed by atoms with E-state index in [2.05, 4.69) is 22.2 Å². The molecule has 0 saturated heterocycles. The quantitative estimate of drug-likeness (QED) is 0.835. The predicted octanol–water partition coefficient (Wildman–Crippen LogP) is 2.23. The molecule has 2 heterocycles. The molecule has 2 rings (SSSR count). The van der Waals surface area contributed by atoms with Crippen molar-refractivity contribution in [1.29, 1.82) is 0 Å². The average Bonchev–Trinajstić information content (AvgIpc) is 2.77. The van der Waals surface area contributed by atoms with E-state index in [1.807, 2.05) is 11.4 Å². The first-order valence-corrected chi connectivity index (χ1v) is 6.38. The van der Waals surface area contributed by atoms with E-state index in [1.165, 1.54) is 0 Å². The number of rotatable bonds is 5. The molecule has 0 radical (unpaired) electrons. The number of thiophene rings is 1. The molecule has 0 spiro atoms. The first-order chi connectivity index (χ1) is 7.85. The van der Waals surface area contributed by atoms with Gasteiger partial charge in [-0.1, -0.05) is 13.3 Å². The van der Waals surface area contributed by atoms with Crippen LogP contribution in [0.15, 0.2) is 17.8 Å². The number of anilines is 1. The maximum atomic E-state index is 5.72. The number of aromatic nitrogens is 2. The Morgan fingerprint density at radius 1 is 1.50 bits per heavy atom. The summed E-state index contributed by atoms with van der Waals surface area (Å²) in [4.78, 5) is 9.51. The molecule has 3 N–H and O–H groups in total. The summed E-state index contributed by atoms with van der Waals surface area (Å²) in [6.07, 6.45) is 3.78. The molecule has 16 heavy (non-hydrogen) atoms. The molecular weight excluding hydrogens is 220 g/mol. The standard InChI is InChI=1S/C11H16N4S/c1-2-3-8(6-12)15-10-9-4-5-16-11(9)14-7-13-10/h4-5,7-8H,2-3,6,12H2,1H3,(H,13,14,15). The van der Waals surface area contributed by atoms with Gasteiger partial charge in [-0.2, -0.15) is 0 Å². The van der Waals surface area contributed by atoms with Gasteiger partial charge in [-0.25, -0.2) is 9.97 Å². The molecule has 0 amide bonds. The SMILES string of the molecule is CCCC(CN)Nc1ncnc2sccc12. The number of hydrogen-bond acceptors (Lipinski definition) is 5. The topological polar surface area (TPSA) is 63.8 Å². The predicted molar refractivity (Wildman–Crippen MR) is 68.8 cm³/mol. The molecule has 0 bridgehead atoms. The second-order valence-electron chi connectivity index (χ2n) is 3.73. The van der Waals surface area contributed by atoms with Gasteiger partial charge in [0.1, 0.15) is 17.0 Å². The molecule has 2 aromatic rings. The summed E-state index contributed by atoms with van der Waals surface area (Å²) in [5.41, 5.74) is 5.72. The van der Waals surface area contributed by atoms with Gasteiger partial charge in [0.25, 0.3) is 0 Å². The second kappa shape index (κ2) is 5.23. The van der Waals surface area contributed by atoms with Crippen molar-refractivity contribution in [2.45, 2.75) is 25.8 Å². The van der Waals surface area contributed by atoms with E-state index in [9.17, 15) is 0 Å². The van der Waals surface area contributed by atoms with E-state index in [1.54, 1.807) is 17.7 Å². The summed E-state index contributed by atoms with van der Waals surface area (Å²) in [5, 5.41) is 6.50. The molecule has 0 aliphatic carbocycles. The van der Waals surface area contributed by atoms with Gasteiger partial charge in [0, 0.05) is 12.6 Å². The van der Waals surface area contributed by atoms with E-state index in [0.717, 1.165) is 28.9 Å². The van der Waals surface area contributed by atoms with Crippen LogP contribution in [-0.4, -0.2) is 22.6 Å². The number of hydrogen-bond donors (Lipinski definition) is 2. The minimum Gasteiger partial charge on any atom is -0.365 e. The van der Waals surface area contributed by atoms with Crippen molar-refractivity contribution in [3.8, 4) is 0 Å². The maximum absolute atomic E-state index is 5.72. The third-order valence-electron chi connectivity index (χ3n) is 2.52.